The zero-order valence-electron chi connectivity index (χ0n) is 12.9. The van der Waals surface area contributed by atoms with Gasteiger partial charge in [-0.05, 0) is 24.0 Å². The van der Waals surface area contributed by atoms with E-state index < -0.39 is 0 Å². The second kappa shape index (κ2) is 8.97. The molecule has 0 fully saturated rings. The van der Waals surface area contributed by atoms with Gasteiger partial charge >= 0.3 is 6.03 Å². The number of hydrogen-bond donors (Lipinski definition) is 3. The van der Waals surface area contributed by atoms with E-state index in [0.29, 0.717) is 13.2 Å². The van der Waals surface area contributed by atoms with Crippen LogP contribution in [0.15, 0.2) is 23.2 Å². The predicted molar refractivity (Wildman–Crippen MR) is 85.7 cm³/mol. The molecule has 0 aliphatic carbocycles. The van der Waals surface area contributed by atoms with Gasteiger partial charge in [-0.15, -0.1) is 0 Å². The minimum atomic E-state index is -0.385. The molecule has 0 saturated heterocycles. The van der Waals surface area contributed by atoms with Crippen LogP contribution in [0.3, 0.4) is 0 Å². The van der Waals surface area contributed by atoms with Gasteiger partial charge in [0.25, 0.3) is 0 Å². The number of amides is 2. The smallest absolute Gasteiger partial charge is 0.326 e. The van der Waals surface area contributed by atoms with Crippen molar-refractivity contribution in [2.45, 2.75) is 26.7 Å². The van der Waals surface area contributed by atoms with Gasteiger partial charge in [-0.3, -0.25) is 10.3 Å². The highest BCUT2D eigenvalue weighted by Gasteiger charge is 2.10. The van der Waals surface area contributed by atoms with Crippen molar-refractivity contribution >= 4 is 17.7 Å². The molecule has 0 bridgehead atoms. The van der Waals surface area contributed by atoms with Crippen LogP contribution in [0.1, 0.15) is 25.0 Å². The number of methoxy groups -OCH3 is 1. The molecule has 0 atom stereocenters. The molecule has 6 heteroatoms. The van der Waals surface area contributed by atoms with Crippen molar-refractivity contribution in [2.24, 2.45) is 10.7 Å². The lowest BCUT2D eigenvalue weighted by Gasteiger charge is -2.14. The summed E-state index contributed by atoms with van der Waals surface area (Å²) in [7, 11) is 1.58. The van der Waals surface area contributed by atoms with Crippen LogP contribution >= 0.6 is 0 Å². The summed E-state index contributed by atoms with van der Waals surface area (Å²) in [5, 5.41) is 5.37. The normalized spacial score (nSPS) is 11.3. The van der Waals surface area contributed by atoms with E-state index >= 15 is 0 Å². The summed E-state index contributed by atoms with van der Waals surface area (Å²) in [4.78, 5) is 16.0. The minimum absolute atomic E-state index is 0.0802. The number of nitrogens with zero attached hydrogens (tertiary/aromatic N) is 1. The first-order valence-corrected chi connectivity index (χ1v) is 7.09. The summed E-state index contributed by atoms with van der Waals surface area (Å²) in [6.07, 6.45) is 1.70. The van der Waals surface area contributed by atoms with Crippen molar-refractivity contribution in [3.63, 3.8) is 0 Å². The summed E-state index contributed by atoms with van der Waals surface area (Å²) >= 11 is 0. The second-order valence-corrected chi connectivity index (χ2v) is 4.50. The molecule has 116 valence electrons. The first kappa shape index (κ1) is 17.0. The number of carbonyl (C=O) groups excluding carboxylic acids is 1. The highest BCUT2D eigenvalue weighted by Crippen LogP contribution is 2.22. The maximum absolute atomic E-state index is 12.0. The molecule has 0 spiro atoms. The first-order valence-electron chi connectivity index (χ1n) is 7.09. The molecule has 0 saturated carbocycles. The molecule has 0 unspecified atom stereocenters. The molecule has 0 radical (unpaired) electrons. The number of guanidine groups is 1. The third kappa shape index (κ3) is 5.43. The molecular formula is C15H24N4O2. The number of carbonyl (C=O) groups is 1. The van der Waals surface area contributed by atoms with Crippen molar-refractivity contribution in [3.05, 3.63) is 29.3 Å². The van der Waals surface area contributed by atoms with Crippen LogP contribution in [0.5, 0.6) is 0 Å². The van der Waals surface area contributed by atoms with Crippen LogP contribution < -0.4 is 16.4 Å². The Bertz CT molecular complexity index is 478. The number of rotatable bonds is 6. The van der Waals surface area contributed by atoms with Gasteiger partial charge < -0.3 is 15.8 Å². The number of benzene rings is 1. The SMILES string of the molecule is CCc1cccc(CC)c1NC(=O)NC(N)=NCCOC. The van der Waals surface area contributed by atoms with Crippen molar-refractivity contribution in [1.82, 2.24) is 5.32 Å². The van der Waals surface area contributed by atoms with Crippen LogP contribution in [0.2, 0.25) is 0 Å². The Morgan fingerprint density at radius 1 is 1.29 bits per heavy atom. The van der Waals surface area contributed by atoms with Gasteiger partial charge in [0.1, 0.15) is 0 Å². The fourth-order valence-electron chi connectivity index (χ4n) is 1.96. The minimum Gasteiger partial charge on any atom is -0.383 e. The van der Waals surface area contributed by atoms with Gasteiger partial charge in [-0.25, -0.2) is 4.79 Å². The molecular weight excluding hydrogens is 268 g/mol. The number of hydrogen-bond acceptors (Lipinski definition) is 3. The third-order valence-electron chi connectivity index (χ3n) is 3.06. The highest BCUT2D eigenvalue weighted by atomic mass is 16.5. The third-order valence-corrected chi connectivity index (χ3v) is 3.06. The Hall–Kier alpha value is -2.08. The van der Waals surface area contributed by atoms with E-state index in [9.17, 15) is 4.79 Å². The lowest BCUT2D eigenvalue weighted by atomic mass is 10.0. The Balaban J connectivity index is 2.72. The number of aliphatic imine (C=N–C) groups is 1. The molecule has 0 aromatic heterocycles. The predicted octanol–water partition coefficient (Wildman–Crippen LogP) is 1.89. The summed E-state index contributed by atoms with van der Waals surface area (Å²) in [6.45, 7) is 4.98. The van der Waals surface area contributed by atoms with E-state index in [0.717, 1.165) is 29.7 Å². The van der Waals surface area contributed by atoms with E-state index in [4.69, 9.17) is 10.5 Å². The summed E-state index contributed by atoms with van der Waals surface area (Å²) in [5.41, 5.74) is 8.68. The van der Waals surface area contributed by atoms with Crippen LogP contribution in [0, 0.1) is 0 Å². The number of ether oxygens (including phenoxy) is 1. The Morgan fingerprint density at radius 3 is 2.43 bits per heavy atom. The lowest BCUT2D eigenvalue weighted by Crippen LogP contribution is -2.40. The van der Waals surface area contributed by atoms with Gasteiger partial charge in [0, 0.05) is 12.8 Å². The Morgan fingerprint density at radius 2 is 1.90 bits per heavy atom. The Kier molecular flexibility index (Phi) is 7.25. The van der Waals surface area contributed by atoms with Crippen LogP contribution in [0.25, 0.3) is 0 Å². The molecule has 1 rings (SSSR count). The van der Waals surface area contributed by atoms with E-state index in [1.807, 2.05) is 18.2 Å². The van der Waals surface area contributed by atoms with Gasteiger partial charge in [0.2, 0.25) is 0 Å². The van der Waals surface area contributed by atoms with Crippen LogP contribution in [-0.4, -0.2) is 32.3 Å². The number of aryl methyl sites for hydroxylation is 2. The molecule has 4 N–H and O–H groups in total. The standard InChI is InChI=1S/C15H24N4O2/c1-4-11-7-6-8-12(5-2)13(11)18-15(20)19-14(16)17-9-10-21-3/h6-8H,4-5,9-10H2,1-3H3,(H4,16,17,18,19,20). The average Bonchev–Trinajstić information content (AvgIpc) is 2.47. The van der Waals surface area contributed by atoms with Gasteiger partial charge in [-0.2, -0.15) is 0 Å². The summed E-state index contributed by atoms with van der Waals surface area (Å²) < 4.78 is 4.86. The van der Waals surface area contributed by atoms with Crippen molar-refractivity contribution in [1.29, 1.82) is 0 Å². The fourth-order valence-corrected chi connectivity index (χ4v) is 1.96. The number of para-hydroxylation sites is 1. The van der Waals surface area contributed by atoms with Crippen molar-refractivity contribution in [2.75, 3.05) is 25.6 Å². The fraction of sp³-hybridized carbons (Fsp3) is 0.467. The summed E-state index contributed by atoms with van der Waals surface area (Å²) in [6, 6.07) is 5.63. The number of nitrogens with two attached hydrogens (primary N) is 1. The number of urea groups is 1. The quantitative estimate of drug-likeness (QED) is 0.425. The topological polar surface area (TPSA) is 88.7 Å². The monoisotopic (exact) mass is 292 g/mol. The van der Waals surface area contributed by atoms with Crippen molar-refractivity contribution in [3.8, 4) is 0 Å². The molecule has 6 nitrogen and oxygen atoms in total. The molecule has 2 amide bonds. The second-order valence-electron chi connectivity index (χ2n) is 4.50. The first-order chi connectivity index (χ1) is 10.1. The molecule has 0 aliphatic rings. The van der Waals surface area contributed by atoms with E-state index in [1.54, 1.807) is 7.11 Å². The van der Waals surface area contributed by atoms with E-state index in [2.05, 4.69) is 29.5 Å². The lowest BCUT2D eigenvalue weighted by molar-refractivity contribution is 0.208. The maximum atomic E-state index is 12.0. The highest BCUT2D eigenvalue weighted by molar-refractivity contribution is 6.02. The maximum Gasteiger partial charge on any atom is 0.326 e. The van der Waals surface area contributed by atoms with Gasteiger partial charge in [-0.1, -0.05) is 32.0 Å². The molecule has 1 aromatic carbocycles. The van der Waals surface area contributed by atoms with Gasteiger partial charge in [0.15, 0.2) is 5.96 Å². The molecule has 0 aliphatic heterocycles. The molecule has 1 aromatic rings. The van der Waals surface area contributed by atoms with E-state index in [1.165, 1.54) is 0 Å². The molecule has 21 heavy (non-hydrogen) atoms. The summed E-state index contributed by atoms with van der Waals surface area (Å²) in [5.74, 6) is 0.0802. The van der Waals surface area contributed by atoms with E-state index in [-0.39, 0.29) is 12.0 Å². The largest absolute Gasteiger partial charge is 0.383 e. The van der Waals surface area contributed by atoms with Crippen LogP contribution in [0.4, 0.5) is 10.5 Å². The van der Waals surface area contributed by atoms with Crippen molar-refractivity contribution < 1.29 is 9.53 Å². The number of nitrogens with one attached hydrogen (secondary N) is 2. The zero-order valence-corrected chi connectivity index (χ0v) is 12.9. The average molecular weight is 292 g/mol. The molecule has 0 heterocycles. The number of anilines is 1. The Labute approximate surface area is 125 Å². The zero-order chi connectivity index (χ0) is 15.7. The van der Waals surface area contributed by atoms with Gasteiger partial charge in [0.05, 0.1) is 13.2 Å². The van der Waals surface area contributed by atoms with Crippen LogP contribution in [-0.2, 0) is 17.6 Å².